The minimum absolute atomic E-state index is 0. The van der Waals surface area contributed by atoms with Gasteiger partial charge >= 0.3 is 65.0 Å². The Balaban J connectivity index is 0.00000180. The Hall–Kier alpha value is -0.149. The molecule has 0 bridgehead atoms. The SMILES string of the molecule is FC(F)Oc1ccc2cc([B-](F)(F)F)ccc2c1.[K+]. The van der Waals surface area contributed by atoms with E-state index in [1.165, 1.54) is 24.3 Å². The topological polar surface area (TPSA) is 9.23 Å². The summed E-state index contributed by atoms with van der Waals surface area (Å²) in [6.07, 6.45) is 0. The molecule has 0 aliphatic carbocycles. The van der Waals surface area contributed by atoms with Gasteiger partial charge in [0.1, 0.15) is 5.75 Å². The average Bonchev–Trinajstić information content (AvgIpc) is 2.26. The molecule has 0 fully saturated rings. The first-order valence-corrected chi connectivity index (χ1v) is 5.05. The molecule has 0 spiro atoms. The van der Waals surface area contributed by atoms with Crippen LogP contribution in [0.3, 0.4) is 0 Å². The van der Waals surface area contributed by atoms with Crippen molar-refractivity contribution in [2.45, 2.75) is 6.61 Å². The van der Waals surface area contributed by atoms with E-state index in [4.69, 9.17) is 0 Å². The molecule has 0 aliphatic rings. The number of halogens is 5. The second kappa shape index (κ2) is 6.54. The van der Waals surface area contributed by atoms with Gasteiger partial charge in [0, 0.05) is 0 Å². The van der Waals surface area contributed by atoms with E-state index in [1.54, 1.807) is 0 Å². The number of ether oxygens (including phenoxy) is 1. The van der Waals surface area contributed by atoms with E-state index in [9.17, 15) is 21.7 Å². The maximum absolute atomic E-state index is 12.5. The van der Waals surface area contributed by atoms with Gasteiger partial charge in [0.05, 0.1) is 0 Å². The molecule has 0 saturated heterocycles. The molecule has 0 N–H and O–H groups in total. The molecule has 8 heteroatoms. The molecule has 0 amide bonds. The van der Waals surface area contributed by atoms with Crippen molar-refractivity contribution < 1.29 is 77.8 Å². The standard InChI is InChI=1S/C11H7BF5O.K/c13-11(14)18-10-4-2-7-5-9(12(15,16)17)3-1-8(7)6-10;/h1-6,11H;/q-1;+1. The van der Waals surface area contributed by atoms with Crippen molar-refractivity contribution in [1.29, 1.82) is 0 Å². The zero-order valence-electron chi connectivity index (χ0n) is 9.92. The molecule has 0 aromatic heterocycles. The molecular formula is C11H7BF5KO. The van der Waals surface area contributed by atoms with E-state index in [-0.39, 0.29) is 57.1 Å². The third kappa shape index (κ3) is 4.42. The van der Waals surface area contributed by atoms with Crippen molar-refractivity contribution in [1.82, 2.24) is 0 Å². The predicted octanol–water partition coefficient (Wildman–Crippen LogP) is 0.500. The monoisotopic (exact) mass is 300 g/mol. The largest absolute Gasteiger partial charge is 1.00 e. The Bertz CT molecular complexity index is 573. The van der Waals surface area contributed by atoms with Crippen LogP contribution in [0.5, 0.6) is 5.75 Å². The van der Waals surface area contributed by atoms with Crippen LogP contribution in [0.4, 0.5) is 21.7 Å². The molecule has 0 aliphatic heterocycles. The van der Waals surface area contributed by atoms with E-state index in [1.807, 2.05) is 0 Å². The van der Waals surface area contributed by atoms with Gasteiger partial charge in [-0.2, -0.15) is 8.78 Å². The van der Waals surface area contributed by atoms with Crippen molar-refractivity contribution in [3.05, 3.63) is 36.4 Å². The average molecular weight is 300 g/mol. The number of rotatable bonds is 3. The maximum atomic E-state index is 12.5. The quantitative estimate of drug-likeness (QED) is 0.592. The molecule has 96 valence electrons. The van der Waals surface area contributed by atoms with Crippen molar-refractivity contribution in [3.63, 3.8) is 0 Å². The van der Waals surface area contributed by atoms with Crippen LogP contribution in [-0.2, 0) is 0 Å². The number of hydrogen-bond acceptors (Lipinski definition) is 1. The number of alkyl halides is 2. The number of hydrogen-bond donors (Lipinski definition) is 0. The van der Waals surface area contributed by atoms with Gasteiger partial charge in [-0.15, -0.1) is 5.46 Å². The predicted molar refractivity (Wildman–Crippen MR) is 59.3 cm³/mol. The van der Waals surface area contributed by atoms with Crippen LogP contribution in [0.25, 0.3) is 10.8 Å². The number of fused-ring (bicyclic) bond motifs is 1. The first-order chi connectivity index (χ1) is 8.36. The van der Waals surface area contributed by atoms with Crippen LogP contribution < -0.4 is 61.6 Å². The summed E-state index contributed by atoms with van der Waals surface area (Å²) in [6, 6.07) is 6.95. The smallest absolute Gasteiger partial charge is 0.445 e. The third-order valence-electron chi connectivity index (χ3n) is 2.44. The summed E-state index contributed by atoms with van der Waals surface area (Å²) >= 11 is 0. The summed E-state index contributed by atoms with van der Waals surface area (Å²) in [5.74, 6) is -0.0808. The summed E-state index contributed by atoms with van der Waals surface area (Å²) in [4.78, 5) is 0. The van der Waals surface area contributed by atoms with E-state index in [0.29, 0.717) is 10.8 Å². The minimum Gasteiger partial charge on any atom is -0.445 e. The first-order valence-electron chi connectivity index (χ1n) is 5.05. The summed E-state index contributed by atoms with van der Waals surface area (Å²) in [6.45, 7) is -8.02. The Labute approximate surface area is 148 Å². The fraction of sp³-hybridized carbons (Fsp3) is 0.0909. The Kier molecular flexibility index (Phi) is 5.81. The van der Waals surface area contributed by atoms with Gasteiger partial charge in [0.2, 0.25) is 0 Å². The second-order valence-electron chi connectivity index (χ2n) is 3.72. The fourth-order valence-electron chi connectivity index (χ4n) is 1.62. The molecule has 2 rings (SSSR count). The molecule has 0 heterocycles. The van der Waals surface area contributed by atoms with Gasteiger partial charge in [-0.1, -0.05) is 24.3 Å². The van der Waals surface area contributed by atoms with E-state index in [0.717, 1.165) is 12.1 Å². The summed E-state index contributed by atoms with van der Waals surface area (Å²) < 4.78 is 65.6. The van der Waals surface area contributed by atoms with Crippen molar-refractivity contribution in [2.24, 2.45) is 0 Å². The maximum Gasteiger partial charge on any atom is 1.00 e. The molecule has 2 aromatic carbocycles. The molecule has 1 nitrogen and oxygen atoms in total. The molecular weight excluding hydrogens is 293 g/mol. The summed E-state index contributed by atoms with van der Waals surface area (Å²) in [5.41, 5.74) is -0.718. The third-order valence-corrected chi connectivity index (χ3v) is 2.44. The van der Waals surface area contributed by atoms with Crippen LogP contribution >= 0.6 is 0 Å². The Morgan fingerprint density at radius 2 is 1.47 bits per heavy atom. The van der Waals surface area contributed by atoms with E-state index in [2.05, 4.69) is 4.74 Å². The van der Waals surface area contributed by atoms with Crippen molar-refractivity contribution in [2.75, 3.05) is 0 Å². The Morgan fingerprint density at radius 1 is 0.895 bits per heavy atom. The minimum atomic E-state index is -5.06. The van der Waals surface area contributed by atoms with E-state index < -0.39 is 19.1 Å². The summed E-state index contributed by atoms with van der Waals surface area (Å²) in [7, 11) is 0. The van der Waals surface area contributed by atoms with Crippen molar-refractivity contribution in [3.8, 4) is 5.75 Å². The van der Waals surface area contributed by atoms with Gasteiger partial charge < -0.3 is 17.7 Å². The summed E-state index contributed by atoms with van der Waals surface area (Å²) in [5, 5.41) is 0.741. The zero-order valence-corrected chi connectivity index (χ0v) is 13.0. The van der Waals surface area contributed by atoms with Crippen LogP contribution in [0.2, 0.25) is 0 Å². The molecule has 0 atom stereocenters. The van der Waals surface area contributed by atoms with Gasteiger partial charge in [0.15, 0.2) is 0 Å². The van der Waals surface area contributed by atoms with Gasteiger partial charge in [-0.25, -0.2) is 0 Å². The Morgan fingerprint density at radius 3 is 2.05 bits per heavy atom. The number of benzene rings is 2. The normalized spacial score (nSPS) is 11.5. The molecule has 0 unspecified atom stereocenters. The van der Waals surface area contributed by atoms with Gasteiger partial charge in [0.25, 0.3) is 0 Å². The van der Waals surface area contributed by atoms with Gasteiger partial charge in [-0.05, 0) is 22.9 Å². The van der Waals surface area contributed by atoms with Crippen LogP contribution in [0.1, 0.15) is 0 Å². The molecule has 0 saturated carbocycles. The van der Waals surface area contributed by atoms with Crippen molar-refractivity contribution >= 4 is 23.2 Å². The first kappa shape index (κ1) is 16.9. The zero-order chi connectivity index (χ0) is 13.3. The second-order valence-corrected chi connectivity index (χ2v) is 3.72. The van der Waals surface area contributed by atoms with Crippen LogP contribution in [0, 0.1) is 0 Å². The molecule has 19 heavy (non-hydrogen) atoms. The van der Waals surface area contributed by atoms with E-state index >= 15 is 0 Å². The van der Waals surface area contributed by atoms with Crippen LogP contribution in [-0.4, -0.2) is 13.6 Å². The van der Waals surface area contributed by atoms with Crippen LogP contribution in [0.15, 0.2) is 36.4 Å². The fourth-order valence-corrected chi connectivity index (χ4v) is 1.62. The van der Waals surface area contributed by atoms with Gasteiger partial charge in [-0.3, -0.25) is 0 Å². The molecule has 2 aromatic rings. The molecule has 0 radical (unpaired) electrons.